The normalized spacial score (nSPS) is 24.9. The zero-order valence-corrected chi connectivity index (χ0v) is 23.6. The second-order valence-corrected chi connectivity index (χ2v) is 12.4. The molecule has 0 aromatic heterocycles. The zero-order chi connectivity index (χ0) is 26.5. The molecule has 0 bridgehead atoms. The number of aliphatic imine (C=N–C) groups is 1. The summed E-state index contributed by atoms with van der Waals surface area (Å²) in [6.45, 7) is 24.4. The minimum absolute atomic E-state index is 0.147. The van der Waals surface area contributed by atoms with Crippen LogP contribution in [0.1, 0.15) is 76.7 Å². The van der Waals surface area contributed by atoms with E-state index in [2.05, 4.69) is 99.1 Å². The summed E-state index contributed by atoms with van der Waals surface area (Å²) < 4.78 is 13.5. The predicted octanol–water partition coefficient (Wildman–Crippen LogP) is 7.13. The number of hydrogen-bond acceptors (Lipinski definition) is 5. The number of halogens is 1. The maximum Gasteiger partial charge on any atom is 0.149 e. The van der Waals surface area contributed by atoms with Crippen molar-refractivity contribution in [1.29, 1.82) is 0 Å². The molecule has 198 valence electrons. The summed E-state index contributed by atoms with van der Waals surface area (Å²) in [5, 5.41) is 7.11. The molecule has 2 fully saturated rings. The SMILES string of the molecule is C=C(NC(C)C(C)(C)C)C1(F)CC1.C=CN1CCCC1C(=C)NCc1ccc(C2SC=NC2C)cc1. The van der Waals surface area contributed by atoms with E-state index >= 15 is 0 Å². The largest absolute Gasteiger partial charge is 0.383 e. The molecule has 6 heteroatoms. The number of nitrogens with zero attached hydrogens (tertiary/aromatic N) is 2. The Hall–Kier alpha value is -2.21. The van der Waals surface area contributed by atoms with Crippen molar-refractivity contribution < 1.29 is 4.39 Å². The lowest BCUT2D eigenvalue weighted by atomic mass is 9.88. The molecular weight excluding hydrogens is 467 g/mol. The van der Waals surface area contributed by atoms with Crippen LogP contribution < -0.4 is 10.6 Å². The van der Waals surface area contributed by atoms with E-state index in [1.165, 1.54) is 17.5 Å². The van der Waals surface area contributed by atoms with E-state index < -0.39 is 5.67 Å². The summed E-state index contributed by atoms with van der Waals surface area (Å²) in [5.74, 6) is 0. The van der Waals surface area contributed by atoms with Gasteiger partial charge in [0.15, 0.2) is 0 Å². The monoisotopic (exact) mass is 512 g/mol. The maximum absolute atomic E-state index is 13.5. The number of hydrogen-bond donors (Lipinski definition) is 2. The Kier molecular flexibility index (Phi) is 9.37. The van der Waals surface area contributed by atoms with Crippen LogP contribution >= 0.6 is 11.8 Å². The summed E-state index contributed by atoms with van der Waals surface area (Å²) in [6, 6.07) is 9.90. The molecular formula is C30H45FN4S. The number of rotatable bonds is 9. The number of allylic oxidation sites excluding steroid dienone is 1. The van der Waals surface area contributed by atoms with E-state index in [4.69, 9.17) is 0 Å². The molecule has 2 heterocycles. The van der Waals surface area contributed by atoms with E-state index in [0.717, 1.165) is 25.2 Å². The molecule has 1 aromatic carbocycles. The lowest BCUT2D eigenvalue weighted by Crippen LogP contribution is -2.39. The van der Waals surface area contributed by atoms with Crippen LogP contribution in [-0.2, 0) is 6.54 Å². The van der Waals surface area contributed by atoms with Crippen LogP contribution in [0, 0.1) is 5.41 Å². The molecule has 0 amide bonds. The van der Waals surface area contributed by atoms with Crippen molar-refractivity contribution in [2.75, 3.05) is 6.54 Å². The number of thioether (sulfide) groups is 1. The smallest absolute Gasteiger partial charge is 0.149 e. The molecule has 4 unspecified atom stereocenters. The Morgan fingerprint density at radius 2 is 1.94 bits per heavy atom. The Morgan fingerprint density at radius 1 is 1.28 bits per heavy atom. The van der Waals surface area contributed by atoms with Crippen molar-refractivity contribution in [3.8, 4) is 0 Å². The van der Waals surface area contributed by atoms with Crippen molar-refractivity contribution >= 4 is 17.3 Å². The lowest BCUT2D eigenvalue weighted by molar-refractivity contribution is 0.271. The number of likely N-dealkylation sites (tertiary alicyclic amines) is 1. The van der Waals surface area contributed by atoms with Gasteiger partial charge < -0.3 is 15.5 Å². The molecule has 1 saturated carbocycles. The first-order chi connectivity index (χ1) is 16.9. The maximum atomic E-state index is 13.5. The fourth-order valence-corrected chi connectivity index (χ4v) is 5.31. The molecule has 1 saturated heterocycles. The fourth-order valence-electron chi connectivity index (χ4n) is 4.30. The standard InChI is InChI=1S/C19H25N3S.C11H20FN/c1-4-22-11-5-6-18(22)14(2)20-12-16-7-9-17(10-8-16)19-15(3)21-13-23-19;1-8(10(3,4)5)13-9(2)11(12)6-7-11/h4,7-10,13,15,18-20H,1-2,5-6,11-12H2,3H3;8,13H,2,6-7H2,1,3-5H3. The van der Waals surface area contributed by atoms with Gasteiger partial charge in [-0.3, -0.25) is 4.99 Å². The van der Waals surface area contributed by atoms with E-state index in [0.29, 0.717) is 35.9 Å². The third-order valence-corrected chi connectivity index (χ3v) is 8.82. The highest BCUT2D eigenvalue weighted by molar-refractivity contribution is 8.12. The number of nitrogens with one attached hydrogen (secondary N) is 2. The van der Waals surface area contributed by atoms with Crippen LogP contribution in [0.5, 0.6) is 0 Å². The van der Waals surface area contributed by atoms with Crippen LogP contribution in [0.3, 0.4) is 0 Å². The van der Waals surface area contributed by atoms with Gasteiger partial charge in [-0.2, -0.15) is 0 Å². The fraction of sp³-hybridized carbons (Fsp3) is 0.567. The highest BCUT2D eigenvalue weighted by Gasteiger charge is 2.46. The van der Waals surface area contributed by atoms with Crippen molar-refractivity contribution in [2.45, 2.75) is 95.9 Å². The summed E-state index contributed by atoms with van der Waals surface area (Å²) in [4.78, 5) is 6.71. The second-order valence-electron chi connectivity index (χ2n) is 11.4. The van der Waals surface area contributed by atoms with Gasteiger partial charge in [0, 0.05) is 30.5 Å². The average molecular weight is 513 g/mol. The Morgan fingerprint density at radius 3 is 2.47 bits per heavy atom. The van der Waals surface area contributed by atoms with Crippen LogP contribution in [0.2, 0.25) is 0 Å². The summed E-state index contributed by atoms with van der Waals surface area (Å²) in [6.07, 6.45) is 5.58. The molecule has 4 rings (SSSR count). The van der Waals surface area contributed by atoms with Crippen LogP contribution in [0.15, 0.2) is 66.6 Å². The molecule has 36 heavy (non-hydrogen) atoms. The number of alkyl halides is 1. The van der Waals surface area contributed by atoms with E-state index in [1.54, 1.807) is 0 Å². The highest BCUT2D eigenvalue weighted by Crippen LogP contribution is 2.45. The van der Waals surface area contributed by atoms with Crippen LogP contribution in [0.25, 0.3) is 0 Å². The topological polar surface area (TPSA) is 39.7 Å². The number of benzene rings is 1. The van der Waals surface area contributed by atoms with Gasteiger partial charge in [-0.1, -0.05) is 64.8 Å². The minimum Gasteiger partial charge on any atom is -0.383 e. The summed E-state index contributed by atoms with van der Waals surface area (Å²) >= 11 is 1.81. The van der Waals surface area contributed by atoms with Gasteiger partial charge >= 0.3 is 0 Å². The molecule has 2 N–H and O–H groups in total. The van der Waals surface area contributed by atoms with Crippen LogP contribution in [0.4, 0.5) is 4.39 Å². The first-order valence-corrected chi connectivity index (χ1v) is 14.1. The third-order valence-electron chi connectivity index (χ3n) is 7.62. The van der Waals surface area contributed by atoms with Crippen molar-refractivity contribution in [1.82, 2.24) is 15.5 Å². The lowest BCUT2D eigenvalue weighted by Gasteiger charge is -2.30. The molecule has 4 atom stereocenters. The van der Waals surface area contributed by atoms with E-state index in [9.17, 15) is 4.39 Å². The van der Waals surface area contributed by atoms with Gasteiger partial charge in [-0.05, 0) is 62.3 Å². The third kappa shape index (κ3) is 7.41. The van der Waals surface area contributed by atoms with Crippen LogP contribution in [-0.4, -0.2) is 40.8 Å². The molecule has 4 nitrogen and oxygen atoms in total. The molecule has 3 aliphatic rings. The molecule has 1 aromatic rings. The average Bonchev–Trinajstić information content (AvgIpc) is 3.22. The molecule has 2 aliphatic heterocycles. The van der Waals surface area contributed by atoms with Gasteiger partial charge in [0.1, 0.15) is 5.67 Å². The predicted molar refractivity (Wildman–Crippen MR) is 155 cm³/mol. The van der Waals surface area contributed by atoms with Gasteiger partial charge in [-0.25, -0.2) is 4.39 Å². The Balaban J connectivity index is 0.000000236. The van der Waals surface area contributed by atoms with Gasteiger partial charge in [0.25, 0.3) is 0 Å². The van der Waals surface area contributed by atoms with Crippen molar-refractivity contribution in [2.24, 2.45) is 10.4 Å². The highest BCUT2D eigenvalue weighted by atomic mass is 32.2. The van der Waals surface area contributed by atoms with Gasteiger partial charge in [0.2, 0.25) is 0 Å². The summed E-state index contributed by atoms with van der Waals surface area (Å²) in [5.41, 5.74) is 5.33. The molecule has 0 spiro atoms. The minimum atomic E-state index is -1.10. The quantitative estimate of drug-likeness (QED) is 0.369. The zero-order valence-electron chi connectivity index (χ0n) is 22.8. The van der Waals surface area contributed by atoms with Crippen molar-refractivity contribution in [3.05, 3.63) is 72.7 Å². The molecule has 1 aliphatic carbocycles. The first-order valence-electron chi connectivity index (χ1n) is 13.2. The Bertz CT molecular complexity index is 945. The van der Waals surface area contributed by atoms with Gasteiger partial charge in [0.05, 0.1) is 22.9 Å². The van der Waals surface area contributed by atoms with E-state index in [-0.39, 0.29) is 11.5 Å². The van der Waals surface area contributed by atoms with Gasteiger partial charge in [-0.15, -0.1) is 11.8 Å². The summed E-state index contributed by atoms with van der Waals surface area (Å²) in [7, 11) is 0. The Labute approximate surface area is 222 Å². The molecule has 0 radical (unpaired) electrons. The van der Waals surface area contributed by atoms with Crippen molar-refractivity contribution in [3.63, 3.8) is 0 Å². The van der Waals surface area contributed by atoms with E-state index in [1.807, 2.05) is 23.5 Å². The second kappa shape index (κ2) is 11.9. The first kappa shape index (κ1) is 28.4.